The van der Waals surface area contributed by atoms with E-state index in [0.29, 0.717) is 0 Å². The average molecular weight is 385 g/mol. The van der Waals surface area contributed by atoms with Gasteiger partial charge in [-0.25, -0.2) is 4.98 Å². The minimum absolute atomic E-state index is 0.148. The number of imidazole rings is 1. The maximum Gasteiger partial charge on any atom is 0.149 e. The number of nitrogens with zero attached hydrogens (tertiary/aromatic N) is 4. The van der Waals surface area contributed by atoms with Crippen molar-refractivity contribution >= 4 is 5.82 Å². The maximum absolute atomic E-state index is 5.59. The number of hydrogen-bond donors (Lipinski definition) is 1. The van der Waals surface area contributed by atoms with Crippen molar-refractivity contribution in [3.05, 3.63) is 84.4 Å². The zero-order valence-corrected chi connectivity index (χ0v) is 16.7. The Bertz CT molecular complexity index is 1090. The number of benzene rings is 2. The van der Waals surface area contributed by atoms with Crippen LogP contribution in [0.25, 0.3) is 16.9 Å². The smallest absolute Gasteiger partial charge is 0.149 e. The molecule has 4 rings (SSSR count). The van der Waals surface area contributed by atoms with Gasteiger partial charge < -0.3 is 14.6 Å². The summed E-state index contributed by atoms with van der Waals surface area (Å²) >= 11 is 0. The Morgan fingerprint density at radius 1 is 1.00 bits per heavy atom. The topological polar surface area (TPSA) is 64.9 Å². The highest BCUT2D eigenvalue weighted by atomic mass is 16.5. The van der Waals surface area contributed by atoms with Crippen LogP contribution in [-0.4, -0.2) is 26.9 Å². The Labute approximate surface area is 170 Å². The van der Waals surface area contributed by atoms with Crippen molar-refractivity contribution in [2.75, 3.05) is 12.4 Å². The molecule has 2 heterocycles. The second kappa shape index (κ2) is 8.14. The second-order valence-corrected chi connectivity index (χ2v) is 6.89. The molecule has 0 fully saturated rings. The van der Waals surface area contributed by atoms with Gasteiger partial charge in [0, 0.05) is 17.8 Å². The van der Waals surface area contributed by atoms with E-state index in [2.05, 4.69) is 39.6 Å². The Balaban J connectivity index is 1.54. The maximum atomic E-state index is 5.59. The van der Waals surface area contributed by atoms with Gasteiger partial charge in [-0.1, -0.05) is 36.4 Å². The minimum Gasteiger partial charge on any atom is -0.495 e. The first-order valence-corrected chi connectivity index (χ1v) is 9.48. The van der Waals surface area contributed by atoms with Gasteiger partial charge in [0.2, 0.25) is 0 Å². The van der Waals surface area contributed by atoms with E-state index in [0.717, 1.165) is 34.2 Å². The van der Waals surface area contributed by atoms with Gasteiger partial charge in [-0.05, 0) is 43.7 Å². The summed E-state index contributed by atoms with van der Waals surface area (Å²) in [7, 11) is 1.66. The highest BCUT2D eigenvalue weighted by molar-refractivity contribution is 5.65. The van der Waals surface area contributed by atoms with Crippen molar-refractivity contribution < 1.29 is 4.74 Å². The van der Waals surface area contributed by atoms with Crippen LogP contribution in [0.4, 0.5) is 5.82 Å². The molecule has 29 heavy (non-hydrogen) atoms. The number of rotatable bonds is 6. The summed E-state index contributed by atoms with van der Waals surface area (Å²) in [4.78, 5) is 4.28. The molecule has 4 aromatic rings. The first kappa shape index (κ1) is 18.7. The zero-order valence-electron chi connectivity index (χ0n) is 16.7. The standard InChI is InChI=1S/C23H23N5O/c1-16-14-28(15-24-16)21-11-9-19(13-22(21)29-3)20-10-12-23(27-26-20)25-17(2)18-7-5-4-6-8-18/h4-15,17H,1-3H3,(H,25,27)/t17-/m0/s1. The molecule has 0 aliphatic carbocycles. The Kier molecular flexibility index (Phi) is 5.24. The van der Waals surface area contributed by atoms with E-state index in [-0.39, 0.29) is 6.04 Å². The number of aromatic nitrogens is 4. The number of anilines is 1. The third-order valence-corrected chi connectivity index (χ3v) is 4.79. The van der Waals surface area contributed by atoms with E-state index < -0.39 is 0 Å². The van der Waals surface area contributed by atoms with Gasteiger partial charge in [0.25, 0.3) is 0 Å². The first-order valence-electron chi connectivity index (χ1n) is 9.48. The molecule has 0 saturated heterocycles. The number of methoxy groups -OCH3 is 1. The molecule has 6 nitrogen and oxygen atoms in total. The van der Waals surface area contributed by atoms with Crippen LogP contribution in [0.3, 0.4) is 0 Å². The monoisotopic (exact) mass is 385 g/mol. The molecule has 0 aliphatic heterocycles. The van der Waals surface area contributed by atoms with E-state index in [1.54, 1.807) is 13.4 Å². The fraction of sp³-hybridized carbons (Fsp3) is 0.174. The van der Waals surface area contributed by atoms with Crippen LogP contribution in [-0.2, 0) is 0 Å². The number of hydrogen-bond acceptors (Lipinski definition) is 5. The van der Waals surface area contributed by atoms with Crippen LogP contribution in [0.5, 0.6) is 5.75 Å². The molecule has 0 radical (unpaired) electrons. The SMILES string of the molecule is COc1cc(-c2ccc(N[C@@H](C)c3ccccc3)nn2)ccc1-n1cnc(C)c1. The minimum atomic E-state index is 0.148. The van der Waals surface area contributed by atoms with Crippen LogP contribution in [0.15, 0.2) is 73.2 Å². The van der Waals surface area contributed by atoms with E-state index in [1.807, 2.05) is 66.2 Å². The molecule has 1 N–H and O–H groups in total. The molecule has 0 spiro atoms. The van der Waals surface area contributed by atoms with Crippen molar-refractivity contribution in [2.45, 2.75) is 19.9 Å². The number of aryl methyl sites for hydroxylation is 1. The predicted octanol–water partition coefficient (Wildman–Crippen LogP) is 4.82. The highest BCUT2D eigenvalue weighted by Crippen LogP contribution is 2.29. The first-order chi connectivity index (χ1) is 14.1. The van der Waals surface area contributed by atoms with Crippen molar-refractivity contribution in [1.29, 1.82) is 0 Å². The average Bonchev–Trinajstić information content (AvgIpc) is 3.20. The van der Waals surface area contributed by atoms with Gasteiger partial charge in [-0.3, -0.25) is 0 Å². The highest BCUT2D eigenvalue weighted by Gasteiger charge is 2.11. The lowest BCUT2D eigenvalue weighted by Crippen LogP contribution is -2.08. The van der Waals surface area contributed by atoms with Crippen LogP contribution in [0.2, 0.25) is 0 Å². The molecule has 0 aliphatic rings. The van der Waals surface area contributed by atoms with Crippen LogP contribution in [0, 0.1) is 6.92 Å². The van der Waals surface area contributed by atoms with Gasteiger partial charge in [0.15, 0.2) is 0 Å². The lowest BCUT2D eigenvalue weighted by molar-refractivity contribution is 0.413. The van der Waals surface area contributed by atoms with Crippen molar-refractivity contribution in [1.82, 2.24) is 19.7 Å². The second-order valence-electron chi connectivity index (χ2n) is 6.89. The summed E-state index contributed by atoms with van der Waals surface area (Å²) in [6.45, 7) is 4.06. The lowest BCUT2D eigenvalue weighted by Gasteiger charge is -2.15. The molecule has 6 heteroatoms. The lowest BCUT2D eigenvalue weighted by atomic mass is 10.1. The third-order valence-electron chi connectivity index (χ3n) is 4.79. The van der Waals surface area contributed by atoms with Crippen molar-refractivity contribution in [2.24, 2.45) is 0 Å². The van der Waals surface area contributed by atoms with Crippen molar-refractivity contribution in [3.8, 4) is 22.7 Å². The van der Waals surface area contributed by atoms with E-state index >= 15 is 0 Å². The molecule has 0 unspecified atom stereocenters. The Hall–Kier alpha value is -3.67. The molecule has 0 saturated carbocycles. The Morgan fingerprint density at radius 2 is 1.83 bits per heavy atom. The van der Waals surface area contributed by atoms with Gasteiger partial charge in [0.05, 0.1) is 30.5 Å². The number of nitrogens with one attached hydrogen (secondary N) is 1. The Morgan fingerprint density at radius 3 is 2.48 bits per heavy atom. The summed E-state index contributed by atoms with van der Waals surface area (Å²) in [6, 6.07) is 20.3. The molecule has 2 aromatic heterocycles. The summed E-state index contributed by atoms with van der Waals surface area (Å²) in [5.74, 6) is 1.49. The molecular formula is C23H23N5O. The zero-order chi connectivity index (χ0) is 20.2. The van der Waals surface area contributed by atoms with E-state index in [9.17, 15) is 0 Å². The van der Waals surface area contributed by atoms with Gasteiger partial charge in [0.1, 0.15) is 11.6 Å². The van der Waals surface area contributed by atoms with Crippen LogP contribution in [0.1, 0.15) is 24.2 Å². The third kappa shape index (κ3) is 4.11. The van der Waals surface area contributed by atoms with Gasteiger partial charge in [-0.2, -0.15) is 0 Å². The van der Waals surface area contributed by atoms with E-state index in [1.165, 1.54) is 5.56 Å². The summed E-state index contributed by atoms with van der Waals surface area (Å²) in [5.41, 5.74) is 4.82. The largest absolute Gasteiger partial charge is 0.495 e. The van der Waals surface area contributed by atoms with Gasteiger partial charge >= 0.3 is 0 Å². The van der Waals surface area contributed by atoms with Gasteiger partial charge in [-0.15, -0.1) is 10.2 Å². The quantitative estimate of drug-likeness (QED) is 0.515. The molecule has 0 amide bonds. The normalized spacial score (nSPS) is 11.8. The van der Waals surface area contributed by atoms with E-state index in [4.69, 9.17) is 4.74 Å². The summed E-state index contributed by atoms with van der Waals surface area (Å²) in [6.07, 6.45) is 3.74. The fourth-order valence-electron chi connectivity index (χ4n) is 3.21. The summed E-state index contributed by atoms with van der Waals surface area (Å²) in [5, 5.41) is 12.1. The molecule has 0 bridgehead atoms. The molecule has 146 valence electrons. The summed E-state index contributed by atoms with van der Waals surface area (Å²) < 4.78 is 7.53. The number of ether oxygens (including phenoxy) is 1. The molecule has 1 atom stereocenters. The molecular weight excluding hydrogens is 362 g/mol. The van der Waals surface area contributed by atoms with Crippen molar-refractivity contribution in [3.63, 3.8) is 0 Å². The van der Waals surface area contributed by atoms with Crippen LogP contribution < -0.4 is 10.1 Å². The van der Waals surface area contributed by atoms with Crippen LogP contribution >= 0.6 is 0 Å². The fourth-order valence-corrected chi connectivity index (χ4v) is 3.21. The molecule has 2 aromatic carbocycles. The predicted molar refractivity (Wildman–Crippen MR) is 114 cm³/mol.